The Labute approximate surface area is 106 Å². The lowest BCUT2D eigenvalue weighted by atomic mass is 10.1. The number of amides is 3. The first-order valence-corrected chi connectivity index (χ1v) is 5.42. The minimum atomic E-state index is -0.723. The number of nitro benzene ring substituents is 1. The molecular weight excluding hydrogens is 262 g/mol. The topological polar surface area (TPSA) is 92.6 Å². The van der Waals surface area contributed by atoms with Crippen molar-refractivity contribution in [2.45, 2.75) is 0 Å². The van der Waals surface area contributed by atoms with E-state index in [1.54, 1.807) is 0 Å². The van der Waals surface area contributed by atoms with E-state index >= 15 is 0 Å². The maximum atomic E-state index is 12.0. The highest BCUT2D eigenvalue weighted by Crippen LogP contribution is 2.24. The molecule has 1 aliphatic rings. The number of carbonyl (C=O) groups excluding carboxylic acids is 2. The smallest absolute Gasteiger partial charge is 0.324 e. The third-order valence-electron chi connectivity index (χ3n) is 2.49. The Morgan fingerprint density at radius 3 is 2.78 bits per heavy atom. The maximum absolute atomic E-state index is 12.0. The molecule has 7 nitrogen and oxygen atoms in total. The van der Waals surface area contributed by atoms with Crippen molar-refractivity contribution in [3.8, 4) is 0 Å². The molecule has 0 spiro atoms. The number of imide groups is 1. The maximum Gasteiger partial charge on any atom is 0.324 e. The van der Waals surface area contributed by atoms with Gasteiger partial charge in [-0.15, -0.1) is 0 Å². The minimum Gasteiger partial charge on any atom is -0.336 e. The molecule has 3 amide bonds. The molecule has 1 saturated heterocycles. The lowest BCUT2D eigenvalue weighted by Gasteiger charge is -2.12. The molecule has 18 heavy (non-hydrogen) atoms. The van der Waals surface area contributed by atoms with Crippen molar-refractivity contribution < 1.29 is 14.5 Å². The molecule has 0 atom stereocenters. The number of nitro groups is 1. The SMILES string of the molecule is O=C1NCCN1C(=O)c1cc(Cl)ccc1[N+](=O)[O-]. The Morgan fingerprint density at radius 1 is 1.50 bits per heavy atom. The van der Waals surface area contributed by atoms with Crippen LogP contribution in [0.3, 0.4) is 0 Å². The van der Waals surface area contributed by atoms with Crippen LogP contribution in [0.15, 0.2) is 18.2 Å². The molecule has 94 valence electrons. The van der Waals surface area contributed by atoms with Crippen LogP contribution in [-0.4, -0.2) is 34.9 Å². The quantitative estimate of drug-likeness (QED) is 0.649. The van der Waals surface area contributed by atoms with Crippen molar-refractivity contribution in [1.29, 1.82) is 0 Å². The number of rotatable bonds is 2. The first-order valence-electron chi connectivity index (χ1n) is 5.04. The molecule has 0 bridgehead atoms. The van der Waals surface area contributed by atoms with E-state index < -0.39 is 16.9 Å². The van der Waals surface area contributed by atoms with Crippen LogP contribution in [0, 0.1) is 10.1 Å². The van der Waals surface area contributed by atoms with E-state index in [4.69, 9.17) is 11.6 Å². The monoisotopic (exact) mass is 269 g/mol. The van der Waals surface area contributed by atoms with Gasteiger partial charge in [-0.3, -0.25) is 19.8 Å². The summed E-state index contributed by atoms with van der Waals surface area (Å²) >= 11 is 5.71. The number of hydrogen-bond donors (Lipinski definition) is 1. The second-order valence-electron chi connectivity index (χ2n) is 3.61. The molecule has 1 aliphatic heterocycles. The van der Waals surface area contributed by atoms with Gasteiger partial charge in [0, 0.05) is 24.2 Å². The van der Waals surface area contributed by atoms with E-state index in [1.165, 1.54) is 12.1 Å². The van der Waals surface area contributed by atoms with Gasteiger partial charge in [-0.1, -0.05) is 11.6 Å². The molecular formula is C10H8ClN3O4. The third kappa shape index (κ3) is 2.12. The van der Waals surface area contributed by atoms with Crippen molar-refractivity contribution in [3.05, 3.63) is 38.9 Å². The van der Waals surface area contributed by atoms with Gasteiger partial charge >= 0.3 is 6.03 Å². The van der Waals surface area contributed by atoms with Gasteiger partial charge < -0.3 is 5.32 Å². The van der Waals surface area contributed by atoms with E-state index in [9.17, 15) is 19.7 Å². The van der Waals surface area contributed by atoms with Crippen molar-refractivity contribution in [2.75, 3.05) is 13.1 Å². The summed E-state index contributed by atoms with van der Waals surface area (Å²) in [6.45, 7) is 0.514. The molecule has 2 rings (SSSR count). The molecule has 1 aromatic rings. The van der Waals surface area contributed by atoms with Crippen LogP contribution in [0.25, 0.3) is 0 Å². The average molecular weight is 270 g/mol. The van der Waals surface area contributed by atoms with Crippen LogP contribution in [0.4, 0.5) is 10.5 Å². The predicted molar refractivity (Wildman–Crippen MR) is 62.5 cm³/mol. The Bertz CT molecular complexity index is 546. The van der Waals surface area contributed by atoms with Crippen LogP contribution >= 0.6 is 11.6 Å². The van der Waals surface area contributed by atoms with Crippen LogP contribution < -0.4 is 5.32 Å². The van der Waals surface area contributed by atoms with Crippen LogP contribution in [0.1, 0.15) is 10.4 Å². The van der Waals surface area contributed by atoms with Gasteiger partial charge in [0.05, 0.1) is 4.92 Å². The number of halogens is 1. The van der Waals surface area contributed by atoms with Gasteiger partial charge in [-0.2, -0.15) is 0 Å². The van der Waals surface area contributed by atoms with Gasteiger partial charge in [0.2, 0.25) is 0 Å². The van der Waals surface area contributed by atoms with E-state index in [0.717, 1.165) is 11.0 Å². The van der Waals surface area contributed by atoms with Crippen molar-refractivity contribution in [2.24, 2.45) is 0 Å². The first kappa shape index (κ1) is 12.3. The summed E-state index contributed by atoms with van der Waals surface area (Å²) < 4.78 is 0. The number of nitrogens with zero attached hydrogens (tertiary/aromatic N) is 2. The summed E-state index contributed by atoms with van der Waals surface area (Å²) in [5, 5.41) is 13.5. The Hall–Kier alpha value is -2.15. The zero-order valence-corrected chi connectivity index (χ0v) is 9.81. The van der Waals surface area contributed by atoms with Gasteiger partial charge in [-0.05, 0) is 12.1 Å². The van der Waals surface area contributed by atoms with E-state index in [0.29, 0.717) is 6.54 Å². The first-order chi connectivity index (χ1) is 8.50. The van der Waals surface area contributed by atoms with Gasteiger partial charge in [0.25, 0.3) is 11.6 Å². The second-order valence-corrected chi connectivity index (χ2v) is 4.04. The highest BCUT2D eigenvalue weighted by Gasteiger charge is 2.31. The summed E-state index contributed by atoms with van der Waals surface area (Å²) in [5.41, 5.74) is -0.561. The summed E-state index contributed by atoms with van der Waals surface area (Å²) in [7, 11) is 0. The fraction of sp³-hybridized carbons (Fsp3) is 0.200. The van der Waals surface area contributed by atoms with Crippen LogP contribution in [0.2, 0.25) is 5.02 Å². The average Bonchev–Trinajstić information content (AvgIpc) is 2.74. The highest BCUT2D eigenvalue weighted by atomic mass is 35.5. The Morgan fingerprint density at radius 2 is 2.22 bits per heavy atom. The third-order valence-corrected chi connectivity index (χ3v) is 2.72. The molecule has 0 aliphatic carbocycles. The van der Waals surface area contributed by atoms with Gasteiger partial charge in [-0.25, -0.2) is 4.79 Å². The van der Waals surface area contributed by atoms with Crippen molar-refractivity contribution in [3.63, 3.8) is 0 Å². The molecule has 1 fully saturated rings. The number of benzene rings is 1. The van der Waals surface area contributed by atoms with Crippen molar-refractivity contribution >= 4 is 29.2 Å². The summed E-state index contributed by atoms with van der Waals surface area (Å²) in [5.74, 6) is -0.723. The predicted octanol–water partition coefficient (Wildman–Crippen LogP) is 1.41. The molecule has 8 heteroatoms. The van der Waals surface area contributed by atoms with Gasteiger partial charge in [0.1, 0.15) is 5.56 Å². The molecule has 0 aromatic heterocycles. The Balaban J connectivity index is 2.43. The van der Waals surface area contributed by atoms with Crippen LogP contribution in [-0.2, 0) is 0 Å². The summed E-state index contributed by atoms with van der Waals surface area (Å²) in [4.78, 5) is 34.4. The molecule has 0 radical (unpaired) electrons. The van der Waals surface area contributed by atoms with E-state index in [1.807, 2.05) is 0 Å². The Kier molecular flexibility index (Phi) is 3.15. The molecule has 1 aromatic carbocycles. The summed E-state index contributed by atoms with van der Waals surface area (Å²) in [6.07, 6.45) is 0. The fourth-order valence-electron chi connectivity index (χ4n) is 1.65. The molecule has 0 saturated carbocycles. The minimum absolute atomic E-state index is 0.182. The largest absolute Gasteiger partial charge is 0.336 e. The zero-order valence-electron chi connectivity index (χ0n) is 9.05. The summed E-state index contributed by atoms with van der Waals surface area (Å²) in [6, 6.07) is 3.09. The standard InChI is InChI=1S/C10H8ClN3O4/c11-6-1-2-8(14(17)18)7(5-6)9(15)13-4-3-12-10(13)16/h1-2,5H,3-4H2,(H,12,16). The lowest BCUT2D eigenvalue weighted by Crippen LogP contribution is -2.34. The molecule has 1 heterocycles. The second kappa shape index (κ2) is 4.61. The molecule has 1 N–H and O–H groups in total. The van der Waals surface area contributed by atoms with Crippen LogP contribution in [0.5, 0.6) is 0 Å². The number of nitrogens with one attached hydrogen (secondary N) is 1. The highest BCUT2D eigenvalue weighted by molar-refractivity contribution is 6.31. The van der Waals surface area contributed by atoms with E-state index in [2.05, 4.69) is 5.32 Å². The zero-order chi connectivity index (χ0) is 13.3. The number of urea groups is 1. The lowest BCUT2D eigenvalue weighted by molar-refractivity contribution is -0.385. The van der Waals surface area contributed by atoms with Gasteiger partial charge in [0.15, 0.2) is 0 Å². The fourth-order valence-corrected chi connectivity index (χ4v) is 1.82. The van der Waals surface area contributed by atoms with Crippen molar-refractivity contribution in [1.82, 2.24) is 10.2 Å². The number of carbonyl (C=O) groups is 2. The normalized spacial score (nSPS) is 14.5. The molecule has 0 unspecified atom stereocenters. The number of hydrogen-bond acceptors (Lipinski definition) is 4. The van der Waals surface area contributed by atoms with E-state index in [-0.39, 0.29) is 22.8 Å².